The van der Waals surface area contributed by atoms with Gasteiger partial charge in [0.25, 0.3) is 0 Å². The van der Waals surface area contributed by atoms with Crippen LogP contribution in [0.3, 0.4) is 0 Å². The maximum Gasteiger partial charge on any atom is 0.0745 e. The van der Waals surface area contributed by atoms with Crippen LogP contribution < -0.4 is 0 Å². The molecule has 1 aromatic carbocycles. The molecule has 0 bridgehead atoms. The zero-order chi connectivity index (χ0) is 18.7. The molecule has 3 rings (SSSR count). The van der Waals surface area contributed by atoms with Crippen molar-refractivity contribution in [2.45, 2.75) is 52.7 Å². The third-order valence-corrected chi connectivity index (χ3v) is 5.95. The molecule has 0 aliphatic carbocycles. The predicted molar refractivity (Wildman–Crippen MR) is 103 cm³/mol. The quantitative estimate of drug-likeness (QED) is 0.835. The summed E-state index contributed by atoms with van der Waals surface area (Å²) < 4.78 is 2.00. The Morgan fingerprint density at radius 3 is 2.58 bits per heavy atom. The van der Waals surface area contributed by atoms with Crippen molar-refractivity contribution >= 4 is 0 Å². The third-order valence-electron chi connectivity index (χ3n) is 5.95. The molecule has 2 N–H and O–H groups in total. The lowest BCUT2D eigenvalue weighted by Crippen LogP contribution is -2.52. The number of likely N-dealkylation sites (tertiary alicyclic amines) is 1. The Morgan fingerprint density at radius 1 is 1.23 bits per heavy atom. The number of benzene rings is 1. The predicted octanol–water partition coefficient (Wildman–Crippen LogP) is 2.83. The third kappa shape index (κ3) is 3.56. The molecule has 2 atom stereocenters. The highest BCUT2D eigenvalue weighted by Gasteiger charge is 2.41. The molecule has 5 heteroatoms. The van der Waals surface area contributed by atoms with Crippen molar-refractivity contribution in [1.82, 2.24) is 14.7 Å². The topological polar surface area (TPSA) is 61.5 Å². The van der Waals surface area contributed by atoms with E-state index in [-0.39, 0.29) is 12.0 Å². The Labute approximate surface area is 156 Å². The smallest absolute Gasteiger partial charge is 0.0745 e. The van der Waals surface area contributed by atoms with Crippen LogP contribution in [0, 0.1) is 19.3 Å². The van der Waals surface area contributed by atoms with Crippen molar-refractivity contribution in [3.63, 3.8) is 0 Å². The molecule has 142 valence electrons. The number of piperidine rings is 1. The van der Waals surface area contributed by atoms with E-state index in [2.05, 4.69) is 37.8 Å². The molecule has 0 spiro atoms. The second-order valence-corrected chi connectivity index (χ2v) is 7.67. The van der Waals surface area contributed by atoms with Crippen molar-refractivity contribution in [2.75, 3.05) is 19.7 Å². The van der Waals surface area contributed by atoms with Gasteiger partial charge in [0, 0.05) is 29.8 Å². The van der Waals surface area contributed by atoms with Gasteiger partial charge in [-0.3, -0.25) is 4.90 Å². The summed E-state index contributed by atoms with van der Waals surface area (Å²) in [7, 11) is 0. The van der Waals surface area contributed by atoms with E-state index in [1.54, 1.807) is 0 Å². The number of aryl methyl sites for hydroxylation is 1. The summed E-state index contributed by atoms with van der Waals surface area (Å²) in [5.41, 5.74) is 4.15. The number of aromatic nitrogens is 2. The summed E-state index contributed by atoms with van der Waals surface area (Å²) in [6.07, 6.45) is 2.22. The Morgan fingerprint density at radius 2 is 1.96 bits per heavy atom. The fourth-order valence-corrected chi connectivity index (χ4v) is 4.22. The van der Waals surface area contributed by atoms with Crippen LogP contribution in [-0.2, 0) is 6.54 Å². The van der Waals surface area contributed by atoms with Gasteiger partial charge in [0.1, 0.15) is 0 Å². The molecule has 0 amide bonds. The van der Waals surface area contributed by atoms with Crippen LogP contribution in [0.25, 0.3) is 5.69 Å². The van der Waals surface area contributed by atoms with Crippen molar-refractivity contribution in [1.29, 1.82) is 0 Å². The van der Waals surface area contributed by atoms with E-state index in [0.29, 0.717) is 6.54 Å². The van der Waals surface area contributed by atoms with E-state index in [1.165, 1.54) is 5.56 Å². The van der Waals surface area contributed by atoms with E-state index in [1.807, 2.05) is 22.9 Å². The first-order valence-electron chi connectivity index (χ1n) is 9.62. The number of β-amino-alcohol motifs (C(OH)–C–C–N with tert-alkyl or cyclic N) is 1. The van der Waals surface area contributed by atoms with Gasteiger partial charge in [-0.15, -0.1) is 0 Å². The highest BCUT2D eigenvalue weighted by atomic mass is 16.3. The van der Waals surface area contributed by atoms with Gasteiger partial charge in [0.05, 0.1) is 24.1 Å². The second-order valence-electron chi connectivity index (χ2n) is 7.67. The molecule has 2 aromatic rings. The fraction of sp³-hybridized carbons (Fsp3) is 0.571. The number of para-hydroxylation sites is 1. The van der Waals surface area contributed by atoms with Crippen LogP contribution in [0.1, 0.15) is 43.1 Å². The number of hydrogen-bond acceptors (Lipinski definition) is 4. The van der Waals surface area contributed by atoms with Gasteiger partial charge in [-0.2, -0.15) is 5.10 Å². The maximum absolute atomic E-state index is 10.7. The summed E-state index contributed by atoms with van der Waals surface area (Å²) in [6.45, 7) is 8.63. The van der Waals surface area contributed by atoms with Crippen LogP contribution in [0.15, 0.2) is 30.3 Å². The van der Waals surface area contributed by atoms with E-state index in [0.717, 1.165) is 49.4 Å². The molecule has 1 aliphatic rings. The molecule has 1 saturated heterocycles. The maximum atomic E-state index is 10.7. The van der Waals surface area contributed by atoms with Gasteiger partial charge in [0.2, 0.25) is 0 Å². The van der Waals surface area contributed by atoms with E-state index in [4.69, 9.17) is 5.10 Å². The molecule has 2 heterocycles. The molecular formula is C21H31N3O2. The van der Waals surface area contributed by atoms with E-state index in [9.17, 15) is 10.2 Å². The molecule has 1 aliphatic heterocycles. The summed E-state index contributed by atoms with van der Waals surface area (Å²) >= 11 is 0. The van der Waals surface area contributed by atoms with Gasteiger partial charge in [-0.1, -0.05) is 31.5 Å². The first-order chi connectivity index (χ1) is 12.5. The molecule has 26 heavy (non-hydrogen) atoms. The molecular weight excluding hydrogens is 326 g/mol. The minimum Gasteiger partial charge on any atom is -0.396 e. The van der Waals surface area contributed by atoms with Gasteiger partial charge < -0.3 is 10.2 Å². The molecule has 0 unspecified atom stereocenters. The lowest BCUT2D eigenvalue weighted by atomic mass is 9.73. The van der Waals surface area contributed by atoms with Crippen LogP contribution in [0.5, 0.6) is 0 Å². The van der Waals surface area contributed by atoms with Gasteiger partial charge in [-0.05, 0) is 45.4 Å². The van der Waals surface area contributed by atoms with Crippen molar-refractivity contribution in [3.05, 3.63) is 47.3 Å². The average Bonchev–Trinajstić information content (AvgIpc) is 2.93. The first-order valence-corrected chi connectivity index (χ1v) is 9.62. The Balaban J connectivity index is 1.76. The summed E-state index contributed by atoms with van der Waals surface area (Å²) in [5, 5.41) is 25.3. The van der Waals surface area contributed by atoms with E-state index >= 15 is 0 Å². The molecule has 0 saturated carbocycles. The standard InChI is InChI=1S/C21H31N3O2/c1-4-10-21(15-25)11-12-23(14-20(21)26)13-19-16(2)22-24(17(19)3)18-8-6-5-7-9-18/h5-9,20,25-26H,4,10-15H2,1-3H3/t20-,21+/m0/s1. The lowest BCUT2D eigenvalue weighted by molar-refractivity contribution is -0.0803. The van der Waals surface area contributed by atoms with Crippen LogP contribution in [0.4, 0.5) is 0 Å². The number of aliphatic hydroxyl groups excluding tert-OH is 2. The van der Waals surface area contributed by atoms with Gasteiger partial charge in [-0.25, -0.2) is 4.68 Å². The zero-order valence-electron chi connectivity index (χ0n) is 16.1. The minimum atomic E-state index is -0.481. The number of hydrogen-bond donors (Lipinski definition) is 2. The fourth-order valence-electron chi connectivity index (χ4n) is 4.22. The number of rotatable bonds is 6. The Hall–Kier alpha value is -1.69. The number of nitrogens with zero attached hydrogens (tertiary/aromatic N) is 3. The number of aliphatic hydroxyl groups is 2. The lowest BCUT2D eigenvalue weighted by Gasteiger charge is -2.44. The van der Waals surface area contributed by atoms with Crippen molar-refractivity contribution in [2.24, 2.45) is 5.41 Å². The van der Waals surface area contributed by atoms with Crippen molar-refractivity contribution < 1.29 is 10.2 Å². The van der Waals surface area contributed by atoms with Gasteiger partial charge >= 0.3 is 0 Å². The zero-order valence-corrected chi connectivity index (χ0v) is 16.1. The van der Waals surface area contributed by atoms with Crippen molar-refractivity contribution in [3.8, 4) is 5.69 Å². The van der Waals surface area contributed by atoms with Crippen LogP contribution in [-0.4, -0.2) is 50.7 Å². The molecule has 1 aromatic heterocycles. The van der Waals surface area contributed by atoms with Crippen LogP contribution >= 0.6 is 0 Å². The SMILES string of the molecule is CCC[C@]1(CO)CCN(Cc2c(C)nn(-c3ccccc3)c2C)C[C@@H]1O. The Bertz CT molecular complexity index is 728. The highest BCUT2D eigenvalue weighted by molar-refractivity contribution is 5.36. The minimum absolute atomic E-state index is 0.0693. The normalized spacial score (nSPS) is 24.1. The summed E-state index contributed by atoms with van der Waals surface area (Å²) in [6, 6.07) is 10.2. The monoisotopic (exact) mass is 357 g/mol. The highest BCUT2D eigenvalue weighted by Crippen LogP contribution is 2.36. The molecule has 1 fully saturated rings. The Kier molecular flexibility index (Phi) is 5.80. The summed E-state index contributed by atoms with van der Waals surface area (Å²) in [5.74, 6) is 0. The molecule has 5 nitrogen and oxygen atoms in total. The molecule has 0 radical (unpaired) electrons. The van der Waals surface area contributed by atoms with E-state index < -0.39 is 6.10 Å². The van der Waals surface area contributed by atoms with Gasteiger partial charge in [0.15, 0.2) is 0 Å². The first kappa shape index (κ1) is 19.1. The summed E-state index contributed by atoms with van der Waals surface area (Å²) in [4.78, 5) is 2.29. The largest absolute Gasteiger partial charge is 0.396 e. The average molecular weight is 357 g/mol. The van der Waals surface area contributed by atoms with Crippen LogP contribution in [0.2, 0.25) is 0 Å². The second kappa shape index (κ2) is 7.91.